The van der Waals surface area contributed by atoms with Gasteiger partial charge in [-0.25, -0.2) is 0 Å². The molecule has 0 aromatic heterocycles. The minimum atomic E-state index is -0.611. The van der Waals surface area contributed by atoms with Crippen molar-refractivity contribution in [3.8, 4) is 11.5 Å². The first-order valence-electron chi connectivity index (χ1n) is 12.4. The van der Waals surface area contributed by atoms with Gasteiger partial charge in [0.1, 0.15) is 11.5 Å². The summed E-state index contributed by atoms with van der Waals surface area (Å²) >= 11 is 0. The summed E-state index contributed by atoms with van der Waals surface area (Å²) in [4.78, 5) is 36.3. The molecule has 7 heteroatoms. The normalized spacial score (nSPS) is 11.5. The zero-order chi connectivity index (χ0) is 26.8. The molecule has 2 N–H and O–H groups in total. The van der Waals surface area contributed by atoms with Crippen molar-refractivity contribution in [3.05, 3.63) is 89.5 Å². The minimum Gasteiger partial charge on any atom is -0.457 e. The molecule has 0 aliphatic heterocycles. The summed E-state index contributed by atoms with van der Waals surface area (Å²) < 4.78 is 11.1. The van der Waals surface area contributed by atoms with Gasteiger partial charge >= 0.3 is 5.97 Å². The molecule has 0 fully saturated rings. The first-order valence-corrected chi connectivity index (χ1v) is 12.4. The van der Waals surface area contributed by atoms with Crippen LogP contribution in [-0.2, 0) is 19.1 Å². The number of anilines is 1. The summed E-state index contributed by atoms with van der Waals surface area (Å²) in [5.74, 6) is 0.465. The quantitative estimate of drug-likeness (QED) is 0.311. The third kappa shape index (κ3) is 8.79. The Kier molecular flexibility index (Phi) is 9.84. The molecule has 0 heterocycles. The number of ether oxygens (including phenoxy) is 2. The second-order valence-electron chi connectivity index (χ2n) is 9.23. The van der Waals surface area contributed by atoms with E-state index in [0.29, 0.717) is 17.4 Å². The Morgan fingerprint density at radius 2 is 1.54 bits per heavy atom. The van der Waals surface area contributed by atoms with Crippen LogP contribution in [0, 0.1) is 6.92 Å². The van der Waals surface area contributed by atoms with Crippen molar-refractivity contribution in [1.82, 2.24) is 5.32 Å². The van der Waals surface area contributed by atoms with E-state index >= 15 is 0 Å². The number of carbonyl (C=O) groups excluding carboxylic acids is 3. The van der Waals surface area contributed by atoms with Gasteiger partial charge in [-0.05, 0) is 66.8 Å². The number of carbonyl (C=O) groups is 3. The highest BCUT2D eigenvalue weighted by atomic mass is 16.5. The van der Waals surface area contributed by atoms with Crippen LogP contribution < -0.4 is 15.4 Å². The molecule has 194 valence electrons. The highest BCUT2D eigenvalue weighted by Crippen LogP contribution is 2.32. The van der Waals surface area contributed by atoms with E-state index in [1.165, 1.54) is 0 Å². The van der Waals surface area contributed by atoms with Gasteiger partial charge in [0.05, 0.1) is 12.5 Å². The van der Waals surface area contributed by atoms with E-state index in [4.69, 9.17) is 9.47 Å². The van der Waals surface area contributed by atoms with Crippen LogP contribution in [0.3, 0.4) is 0 Å². The third-order valence-electron chi connectivity index (χ3n) is 5.75. The second kappa shape index (κ2) is 13.3. The smallest absolute Gasteiger partial charge is 0.306 e. The van der Waals surface area contributed by atoms with Crippen molar-refractivity contribution >= 4 is 23.5 Å². The maximum absolute atomic E-state index is 12.3. The van der Waals surface area contributed by atoms with Crippen molar-refractivity contribution < 1.29 is 23.9 Å². The average Bonchev–Trinajstić information content (AvgIpc) is 2.88. The number of benzene rings is 3. The number of hydrogen-bond donors (Lipinski definition) is 2. The maximum atomic E-state index is 12.3. The molecule has 0 bridgehead atoms. The van der Waals surface area contributed by atoms with Gasteiger partial charge in [-0.3, -0.25) is 14.4 Å². The van der Waals surface area contributed by atoms with Crippen molar-refractivity contribution in [2.45, 2.75) is 52.5 Å². The van der Waals surface area contributed by atoms with E-state index in [2.05, 4.69) is 36.6 Å². The Labute approximate surface area is 218 Å². The molecule has 0 unspecified atom stereocenters. The SMILES string of the molecule is Cc1ccc(C(C)C)c(Oc2ccc(NC(=O)CCC(=O)OCC(=O)N[C@H](C)c3ccccc3)cc2)c1. The lowest BCUT2D eigenvalue weighted by Gasteiger charge is -2.15. The fraction of sp³-hybridized carbons (Fsp3) is 0.300. The largest absolute Gasteiger partial charge is 0.457 e. The summed E-state index contributed by atoms with van der Waals surface area (Å²) in [5.41, 5.74) is 3.78. The van der Waals surface area contributed by atoms with Crippen LogP contribution in [0.1, 0.15) is 62.3 Å². The monoisotopic (exact) mass is 502 g/mol. The average molecular weight is 503 g/mol. The van der Waals surface area contributed by atoms with E-state index in [0.717, 1.165) is 22.4 Å². The number of esters is 1. The summed E-state index contributed by atoms with van der Waals surface area (Å²) in [7, 11) is 0. The Hall–Kier alpha value is -4.13. The molecule has 0 radical (unpaired) electrons. The molecule has 0 saturated carbocycles. The molecular formula is C30H34N2O5. The van der Waals surface area contributed by atoms with Crippen molar-refractivity contribution in [2.75, 3.05) is 11.9 Å². The topological polar surface area (TPSA) is 93.7 Å². The van der Waals surface area contributed by atoms with Crippen molar-refractivity contribution in [3.63, 3.8) is 0 Å². The zero-order valence-corrected chi connectivity index (χ0v) is 21.7. The zero-order valence-electron chi connectivity index (χ0n) is 21.7. The molecule has 7 nitrogen and oxygen atoms in total. The predicted octanol–water partition coefficient (Wildman–Crippen LogP) is 6.05. The van der Waals surface area contributed by atoms with Gasteiger partial charge in [-0.1, -0.05) is 56.3 Å². The molecule has 3 aromatic rings. The van der Waals surface area contributed by atoms with Crippen LogP contribution in [0.5, 0.6) is 11.5 Å². The van der Waals surface area contributed by atoms with Gasteiger partial charge < -0.3 is 20.1 Å². The summed E-state index contributed by atoms with van der Waals surface area (Å²) in [5, 5.41) is 5.53. The van der Waals surface area contributed by atoms with Crippen LogP contribution in [0.15, 0.2) is 72.8 Å². The molecule has 1 atom stereocenters. The molecule has 3 aromatic carbocycles. The molecular weight excluding hydrogens is 468 g/mol. The lowest BCUT2D eigenvalue weighted by atomic mass is 10.0. The molecule has 2 amide bonds. The van der Waals surface area contributed by atoms with Gasteiger partial charge in [0.2, 0.25) is 5.91 Å². The summed E-state index contributed by atoms with van der Waals surface area (Å²) in [6, 6.07) is 22.5. The van der Waals surface area contributed by atoms with E-state index in [1.54, 1.807) is 24.3 Å². The molecule has 0 aliphatic rings. The predicted molar refractivity (Wildman–Crippen MR) is 144 cm³/mol. The Morgan fingerprint density at radius 3 is 2.22 bits per heavy atom. The van der Waals surface area contributed by atoms with Crippen LogP contribution >= 0.6 is 0 Å². The lowest BCUT2D eigenvalue weighted by molar-refractivity contribution is -0.149. The highest BCUT2D eigenvalue weighted by Gasteiger charge is 2.14. The van der Waals surface area contributed by atoms with Crippen molar-refractivity contribution in [2.24, 2.45) is 0 Å². The van der Waals surface area contributed by atoms with Gasteiger partial charge in [0, 0.05) is 12.1 Å². The van der Waals surface area contributed by atoms with E-state index in [9.17, 15) is 14.4 Å². The van der Waals surface area contributed by atoms with E-state index < -0.39 is 18.5 Å². The molecule has 0 aliphatic carbocycles. The first kappa shape index (κ1) is 27.5. The number of aryl methyl sites for hydroxylation is 1. The van der Waals surface area contributed by atoms with E-state index in [-0.39, 0.29) is 24.8 Å². The summed E-state index contributed by atoms with van der Waals surface area (Å²) in [6.45, 7) is 7.72. The number of amides is 2. The first-order chi connectivity index (χ1) is 17.7. The van der Waals surface area contributed by atoms with Crippen LogP contribution in [-0.4, -0.2) is 24.4 Å². The number of rotatable bonds is 11. The number of nitrogens with one attached hydrogen (secondary N) is 2. The lowest BCUT2D eigenvalue weighted by Crippen LogP contribution is -2.31. The molecule has 37 heavy (non-hydrogen) atoms. The minimum absolute atomic E-state index is 0.0554. The standard InChI is InChI=1S/C30H34N2O5/c1-20(2)26-15-10-21(3)18-27(26)37-25-13-11-24(12-14-25)32-28(33)16-17-30(35)36-19-29(34)31-22(4)23-8-6-5-7-9-23/h5-15,18,20,22H,16-17,19H2,1-4H3,(H,31,34)(H,32,33)/t22-/m1/s1. The van der Waals surface area contributed by atoms with Gasteiger partial charge in [0.25, 0.3) is 5.91 Å². The maximum Gasteiger partial charge on any atom is 0.306 e. The van der Waals surface area contributed by atoms with Crippen molar-refractivity contribution in [1.29, 1.82) is 0 Å². The van der Waals surface area contributed by atoms with E-state index in [1.807, 2.05) is 50.2 Å². The Bertz CT molecular complexity index is 1210. The molecule has 0 spiro atoms. The number of hydrogen-bond acceptors (Lipinski definition) is 5. The van der Waals surface area contributed by atoms with Gasteiger partial charge in [-0.15, -0.1) is 0 Å². The fourth-order valence-corrected chi connectivity index (χ4v) is 3.71. The Morgan fingerprint density at radius 1 is 0.838 bits per heavy atom. The Balaban J connectivity index is 1.40. The van der Waals surface area contributed by atoms with Crippen LogP contribution in [0.4, 0.5) is 5.69 Å². The highest BCUT2D eigenvalue weighted by molar-refractivity contribution is 5.92. The van der Waals surface area contributed by atoms with Crippen LogP contribution in [0.2, 0.25) is 0 Å². The van der Waals surface area contributed by atoms with Gasteiger partial charge in [-0.2, -0.15) is 0 Å². The van der Waals surface area contributed by atoms with Crippen LogP contribution in [0.25, 0.3) is 0 Å². The fourth-order valence-electron chi connectivity index (χ4n) is 3.71. The molecule has 0 saturated heterocycles. The third-order valence-corrected chi connectivity index (χ3v) is 5.75. The summed E-state index contributed by atoms with van der Waals surface area (Å²) in [6.07, 6.45) is -0.181. The van der Waals surface area contributed by atoms with Gasteiger partial charge in [0.15, 0.2) is 6.61 Å². The molecule has 3 rings (SSSR count). The second-order valence-corrected chi connectivity index (χ2v) is 9.23.